The van der Waals surface area contributed by atoms with Crippen molar-refractivity contribution in [2.75, 3.05) is 0 Å². The molecule has 0 aromatic carbocycles. The molecule has 14 heavy (non-hydrogen) atoms. The molecule has 0 aliphatic rings. The van der Waals surface area contributed by atoms with E-state index in [1.165, 1.54) is 0 Å². The highest BCUT2D eigenvalue weighted by Gasteiger charge is 1.98. The standard InChI is InChI=1S/C11H11N3/c1-9(12)10-4-5-13-11(8-10)14-6-2-3-7-14/h2-8H,1,12H2. The van der Waals surface area contributed by atoms with Gasteiger partial charge < -0.3 is 10.3 Å². The summed E-state index contributed by atoms with van der Waals surface area (Å²) in [7, 11) is 0. The fourth-order valence-corrected chi connectivity index (χ4v) is 1.25. The molecule has 2 aromatic rings. The smallest absolute Gasteiger partial charge is 0.137 e. The molecule has 2 aromatic heterocycles. The third-order valence-electron chi connectivity index (χ3n) is 1.99. The minimum atomic E-state index is 0.556. The summed E-state index contributed by atoms with van der Waals surface area (Å²) in [5, 5.41) is 0. The second-order valence-electron chi connectivity index (χ2n) is 3.02. The van der Waals surface area contributed by atoms with Gasteiger partial charge in [0.15, 0.2) is 0 Å². The topological polar surface area (TPSA) is 43.8 Å². The van der Waals surface area contributed by atoms with Crippen molar-refractivity contribution in [2.45, 2.75) is 0 Å². The van der Waals surface area contributed by atoms with Crippen LogP contribution in [0.4, 0.5) is 0 Å². The minimum absolute atomic E-state index is 0.556. The molecule has 0 amide bonds. The molecule has 2 heterocycles. The molecule has 0 fully saturated rings. The lowest BCUT2D eigenvalue weighted by Crippen LogP contribution is -1.98. The van der Waals surface area contributed by atoms with Gasteiger partial charge in [0.1, 0.15) is 5.82 Å². The Bertz CT molecular complexity index is 443. The van der Waals surface area contributed by atoms with Gasteiger partial charge >= 0.3 is 0 Å². The predicted molar refractivity (Wildman–Crippen MR) is 56.8 cm³/mol. The van der Waals surface area contributed by atoms with Gasteiger partial charge in [-0.25, -0.2) is 4.98 Å². The molecule has 0 saturated carbocycles. The summed E-state index contributed by atoms with van der Waals surface area (Å²) in [5.41, 5.74) is 7.07. The second kappa shape index (κ2) is 3.38. The van der Waals surface area contributed by atoms with Crippen molar-refractivity contribution in [2.24, 2.45) is 5.73 Å². The van der Waals surface area contributed by atoms with Gasteiger partial charge in [-0.05, 0) is 24.3 Å². The summed E-state index contributed by atoms with van der Waals surface area (Å²) in [6, 6.07) is 7.65. The second-order valence-corrected chi connectivity index (χ2v) is 3.02. The van der Waals surface area contributed by atoms with Gasteiger partial charge in [0, 0.05) is 29.9 Å². The first-order valence-electron chi connectivity index (χ1n) is 4.31. The number of pyridine rings is 1. The van der Waals surface area contributed by atoms with Crippen LogP contribution in [0.1, 0.15) is 5.56 Å². The van der Waals surface area contributed by atoms with Crippen LogP contribution in [0, 0.1) is 0 Å². The van der Waals surface area contributed by atoms with E-state index in [4.69, 9.17) is 5.73 Å². The maximum absolute atomic E-state index is 5.60. The van der Waals surface area contributed by atoms with Gasteiger partial charge in [0.2, 0.25) is 0 Å². The van der Waals surface area contributed by atoms with E-state index in [1.54, 1.807) is 6.20 Å². The predicted octanol–water partition coefficient (Wildman–Crippen LogP) is 1.80. The Morgan fingerprint density at radius 3 is 2.71 bits per heavy atom. The zero-order valence-electron chi connectivity index (χ0n) is 7.72. The van der Waals surface area contributed by atoms with Crippen molar-refractivity contribution in [1.82, 2.24) is 9.55 Å². The van der Waals surface area contributed by atoms with E-state index in [1.807, 2.05) is 41.2 Å². The number of hydrogen-bond acceptors (Lipinski definition) is 2. The average molecular weight is 185 g/mol. The summed E-state index contributed by atoms with van der Waals surface area (Å²) in [6.45, 7) is 3.69. The fraction of sp³-hybridized carbons (Fsp3) is 0. The molecule has 0 aliphatic heterocycles. The molecule has 3 nitrogen and oxygen atoms in total. The van der Waals surface area contributed by atoms with E-state index < -0.39 is 0 Å². The van der Waals surface area contributed by atoms with Crippen LogP contribution < -0.4 is 5.73 Å². The van der Waals surface area contributed by atoms with Crippen LogP contribution in [-0.2, 0) is 0 Å². The molecule has 0 spiro atoms. The third kappa shape index (κ3) is 1.52. The molecule has 0 bridgehead atoms. The van der Waals surface area contributed by atoms with E-state index in [0.29, 0.717) is 5.70 Å². The molecule has 70 valence electrons. The van der Waals surface area contributed by atoms with Gasteiger partial charge in [0.05, 0.1) is 0 Å². The Balaban J connectivity index is 2.46. The molecule has 0 unspecified atom stereocenters. The summed E-state index contributed by atoms with van der Waals surface area (Å²) in [4.78, 5) is 4.23. The lowest BCUT2D eigenvalue weighted by molar-refractivity contribution is 1.01. The van der Waals surface area contributed by atoms with Crippen molar-refractivity contribution < 1.29 is 0 Å². The lowest BCUT2D eigenvalue weighted by atomic mass is 10.2. The number of nitrogens with two attached hydrogens (primary N) is 1. The highest BCUT2D eigenvalue weighted by Crippen LogP contribution is 2.10. The molecule has 3 heteroatoms. The summed E-state index contributed by atoms with van der Waals surface area (Å²) in [6.07, 6.45) is 5.60. The van der Waals surface area contributed by atoms with Crippen LogP contribution in [0.2, 0.25) is 0 Å². The third-order valence-corrected chi connectivity index (χ3v) is 1.99. The van der Waals surface area contributed by atoms with E-state index in [9.17, 15) is 0 Å². The molecule has 0 saturated heterocycles. The highest BCUT2D eigenvalue weighted by atomic mass is 15.0. The van der Waals surface area contributed by atoms with Crippen LogP contribution in [0.5, 0.6) is 0 Å². The first-order valence-corrected chi connectivity index (χ1v) is 4.31. The van der Waals surface area contributed by atoms with Crippen LogP contribution in [0.15, 0.2) is 49.4 Å². The molecule has 0 atom stereocenters. The maximum atomic E-state index is 5.60. The molecule has 2 rings (SSSR count). The van der Waals surface area contributed by atoms with Gasteiger partial charge in [-0.2, -0.15) is 0 Å². The van der Waals surface area contributed by atoms with Crippen LogP contribution in [0.3, 0.4) is 0 Å². The summed E-state index contributed by atoms with van der Waals surface area (Å²) in [5.74, 6) is 0.846. The molecular formula is C11H11N3. The maximum Gasteiger partial charge on any atom is 0.137 e. The first-order chi connectivity index (χ1) is 6.77. The molecular weight excluding hydrogens is 174 g/mol. The Labute approximate surface area is 82.5 Å². The average Bonchev–Trinajstić information content (AvgIpc) is 2.71. The van der Waals surface area contributed by atoms with Gasteiger partial charge in [-0.15, -0.1) is 0 Å². The zero-order chi connectivity index (χ0) is 9.97. The van der Waals surface area contributed by atoms with Crippen molar-refractivity contribution in [3.63, 3.8) is 0 Å². The van der Waals surface area contributed by atoms with E-state index in [0.717, 1.165) is 11.4 Å². The number of aromatic nitrogens is 2. The lowest BCUT2D eigenvalue weighted by Gasteiger charge is -2.04. The Hall–Kier alpha value is -2.03. The number of rotatable bonds is 2. The van der Waals surface area contributed by atoms with Crippen molar-refractivity contribution in [1.29, 1.82) is 0 Å². The molecule has 2 N–H and O–H groups in total. The van der Waals surface area contributed by atoms with Gasteiger partial charge in [-0.1, -0.05) is 6.58 Å². The van der Waals surface area contributed by atoms with Crippen LogP contribution in [-0.4, -0.2) is 9.55 Å². The normalized spacial score (nSPS) is 10.0. The fourth-order valence-electron chi connectivity index (χ4n) is 1.25. The van der Waals surface area contributed by atoms with Crippen LogP contribution >= 0.6 is 0 Å². The summed E-state index contributed by atoms with van der Waals surface area (Å²) >= 11 is 0. The van der Waals surface area contributed by atoms with E-state index >= 15 is 0 Å². The molecule has 0 radical (unpaired) electrons. The monoisotopic (exact) mass is 185 g/mol. The molecule has 0 aliphatic carbocycles. The van der Waals surface area contributed by atoms with Gasteiger partial charge in [0.25, 0.3) is 0 Å². The Kier molecular flexibility index (Phi) is 2.07. The van der Waals surface area contributed by atoms with Gasteiger partial charge in [-0.3, -0.25) is 0 Å². The SMILES string of the molecule is C=C(N)c1ccnc(-n2cccc2)c1. The van der Waals surface area contributed by atoms with E-state index in [-0.39, 0.29) is 0 Å². The van der Waals surface area contributed by atoms with Crippen LogP contribution in [0.25, 0.3) is 11.5 Å². The summed E-state index contributed by atoms with van der Waals surface area (Å²) < 4.78 is 1.92. The Morgan fingerprint density at radius 1 is 1.36 bits per heavy atom. The number of hydrogen-bond donors (Lipinski definition) is 1. The largest absolute Gasteiger partial charge is 0.399 e. The quantitative estimate of drug-likeness (QED) is 0.775. The highest BCUT2D eigenvalue weighted by molar-refractivity contribution is 5.61. The van der Waals surface area contributed by atoms with Crippen molar-refractivity contribution in [3.05, 3.63) is 55.0 Å². The van der Waals surface area contributed by atoms with E-state index in [2.05, 4.69) is 11.6 Å². The Morgan fingerprint density at radius 2 is 2.07 bits per heavy atom. The van der Waals surface area contributed by atoms with Crippen molar-refractivity contribution >= 4 is 5.70 Å². The number of nitrogens with zero attached hydrogens (tertiary/aromatic N) is 2. The zero-order valence-corrected chi connectivity index (χ0v) is 7.72. The first kappa shape index (κ1) is 8.56. The minimum Gasteiger partial charge on any atom is -0.399 e. The van der Waals surface area contributed by atoms with Crippen molar-refractivity contribution in [3.8, 4) is 5.82 Å².